The number of rotatable bonds is 7. The molecule has 0 aromatic rings. The van der Waals surface area contributed by atoms with Crippen molar-refractivity contribution in [2.45, 2.75) is 50.9 Å². The van der Waals surface area contributed by atoms with Gasteiger partial charge in [-0.1, -0.05) is 50.8 Å². The van der Waals surface area contributed by atoms with Crippen LogP contribution in [0.3, 0.4) is 0 Å². The average Bonchev–Trinajstić information content (AvgIpc) is 3.25. The van der Waals surface area contributed by atoms with Gasteiger partial charge in [-0.15, -0.1) is 11.8 Å². The fourth-order valence-corrected chi connectivity index (χ4v) is 5.06. The SMILES string of the molecule is C=CC(=CCC(C)SC1=CC(C)C(C2(C)OCCO2)C=C1)C1(C)OCCO1. The van der Waals surface area contributed by atoms with Crippen LogP contribution < -0.4 is 0 Å². The van der Waals surface area contributed by atoms with Crippen LogP contribution in [-0.2, 0) is 18.9 Å². The second kappa shape index (κ2) is 8.66. The van der Waals surface area contributed by atoms with Gasteiger partial charge in [0.1, 0.15) is 0 Å². The third kappa shape index (κ3) is 4.77. The predicted octanol–water partition coefficient (Wildman–Crippen LogP) is 4.84. The molecule has 1 aliphatic carbocycles. The van der Waals surface area contributed by atoms with Crippen LogP contribution in [-0.4, -0.2) is 43.3 Å². The Bertz CT molecular complexity index is 624. The molecule has 5 heteroatoms. The molecular formula is C22H32O4S. The Morgan fingerprint density at radius 2 is 1.85 bits per heavy atom. The summed E-state index contributed by atoms with van der Waals surface area (Å²) in [5.41, 5.74) is 1.01. The Hall–Kier alpha value is -0.850. The maximum Gasteiger partial charge on any atom is 0.191 e. The Labute approximate surface area is 167 Å². The third-order valence-corrected chi connectivity index (χ3v) is 6.66. The van der Waals surface area contributed by atoms with E-state index in [-0.39, 0.29) is 5.92 Å². The van der Waals surface area contributed by atoms with Gasteiger partial charge in [0, 0.05) is 21.6 Å². The number of hydrogen-bond acceptors (Lipinski definition) is 5. The van der Waals surface area contributed by atoms with E-state index in [9.17, 15) is 0 Å². The maximum absolute atomic E-state index is 5.85. The minimum absolute atomic E-state index is 0.253. The van der Waals surface area contributed by atoms with E-state index in [0.717, 1.165) is 12.0 Å². The van der Waals surface area contributed by atoms with E-state index in [4.69, 9.17) is 18.9 Å². The van der Waals surface area contributed by atoms with Crippen LogP contribution in [0, 0.1) is 11.8 Å². The molecule has 2 saturated heterocycles. The summed E-state index contributed by atoms with van der Waals surface area (Å²) >= 11 is 1.89. The van der Waals surface area contributed by atoms with Crippen molar-refractivity contribution in [2.24, 2.45) is 11.8 Å². The lowest BCUT2D eigenvalue weighted by molar-refractivity contribution is -0.176. The van der Waals surface area contributed by atoms with Crippen molar-refractivity contribution in [3.63, 3.8) is 0 Å². The molecule has 2 fully saturated rings. The predicted molar refractivity (Wildman–Crippen MR) is 110 cm³/mol. The van der Waals surface area contributed by atoms with Gasteiger partial charge in [-0.05, 0) is 26.2 Å². The van der Waals surface area contributed by atoms with Crippen LogP contribution in [0.5, 0.6) is 0 Å². The van der Waals surface area contributed by atoms with Crippen LogP contribution in [0.25, 0.3) is 0 Å². The van der Waals surface area contributed by atoms with Gasteiger partial charge in [-0.25, -0.2) is 0 Å². The molecule has 2 heterocycles. The lowest BCUT2D eigenvalue weighted by Gasteiger charge is -2.35. The van der Waals surface area contributed by atoms with Gasteiger partial charge in [0.25, 0.3) is 0 Å². The zero-order valence-electron chi connectivity index (χ0n) is 16.9. The van der Waals surface area contributed by atoms with Gasteiger partial charge in [0.05, 0.1) is 26.4 Å². The number of thioether (sulfide) groups is 1. The maximum atomic E-state index is 5.85. The highest BCUT2D eigenvalue weighted by atomic mass is 32.2. The van der Waals surface area contributed by atoms with Gasteiger partial charge < -0.3 is 18.9 Å². The van der Waals surface area contributed by atoms with Crippen LogP contribution >= 0.6 is 11.8 Å². The highest BCUT2D eigenvalue weighted by Crippen LogP contribution is 2.40. The summed E-state index contributed by atoms with van der Waals surface area (Å²) in [4.78, 5) is 1.31. The fraction of sp³-hybridized carbons (Fsp3) is 0.636. The van der Waals surface area contributed by atoms with E-state index >= 15 is 0 Å². The van der Waals surface area contributed by atoms with Gasteiger partial charge in [-0.2, -0.15) is 0 Å². The Kier molecular flexibility index (Phi) is 6.70. The molecule has 3 rings (SSSR count). The molecule has 150 valence electrons. The molecule has 0 saturated carbocycles. The van der Waals surface area contributed by atoms with E-state index in [1.165, 1.54) is 4.91 Å². The summed E-state index contributed by atoms with van der Waals surface area (Å²) in [6.45, 7) is 15.1. The molecule has 0 N–H and O–H groups in total. The minimum atomic E-state index is -0.644. The molecule has 3 aliphatic rings. The van der Waals surface area contributed by atoms with Crippen molar-refractivity contribution in [3.05, 3.63) is 47.4 Å². The van der Waals surface area contributed by atoms with Crippen molar-refractivity contribution < 1.29 is 18.9 Å². The molecule has 0 spiro atoms. The van der Waals surface area contributed by atoms with Crippen molar-refractivity contribution in [2.75, 3.05) is 26.4 Å². The first-order valence-corrected chi connectivity index (χ1v) is 10.7. The van der Waals surface area contributed by atoms with E-state index in [1.54, 1.807) is 0 Å². The highest BCUT2D eigenvalue weighted by Gasteiger charge is 2.41. The number of hydrogen-bond donors (Lipinski definition) is 0. The molecule has 3 atom stereocenters. The zero-order valence-corrected chi connectivity index (χ0v) is 17.7. The Balaban J connectivity index is 1.57. The van der Waals surface area contributed by atoms with Crippen LogP contribution in [0.2, 0.25) is 0 Å². The third-order valence-electron chi connectivity index (χ3n) is 5.52. The lowest BCUT2D eigenvalue weighted by Crippen LogP contribution is -2.38. The van der Waals surface area contributed by atoms with Crippen molar-refractivity contribution in [3.8, 4) is 0 Å². The first kappa shape index (κ1) is 20.9. The lowest BCUT2D eigenvalue weighted by atomic mass is 9.84. The monoisotopic (exact) mass is 392 g/mol. The molecule has 0 radical (unpaired) electrons. The quantitative estimate of drug-likeness (QED) is 0.579. The Morgan fingerprint density at radius 3 is 2.44 bits per heavy atom. The summed E-state index contributed by atoms with van der Waals surface area (Å²) in [6.07, 6.45) is 11.8. The molecule has 0 bridgehead atoms. The zero-order chi connectivity index (χ0) is 19.5. The standard InChI is InChI=1S/C22H32O4S/c1-6-18(21(4)23-11-12-24-21)8-7-17(3)27-19-9-10-20(16(2)15-19)22(5)25-13-14-26-22/h6,8-10,15-17,20H,1,7,11-14H2,2-5H3. The molecule has 27 heavy (non-hydrogen) atoms. The number of allylic oxidation sites excluding steroid dienone is 3. The Morgan fingerprint density at radius 1 is 1.22 bits per heavy atom. The van der Waals surface area contributed by atoms with Crippen molar-refractivity contribution >= 4 is 11.8 Å². The first-order valence-electron chi connectivity index (χ1n) is 9.82. The molecule has 0 aromatic carbocycles. The summed E-state index contributed by atoms with van der Waals surface area (Å²) in [5, 5.41) is 0.444. The molecule has 3 unspecified atom stereocenters. The second-order valence-corrected chi connectivity index (χ2v) is 9.21. The molecule has 0 aromatic heterocycles. The smallest absolute Gasteiger partial charge is 0.191 e. The summed E-state index contributed by atoms with van der Waals surface area (Å²) in [7, 11) is 0. The topological polar surface area (TPSA) is 36.9 Å². The van der Waals surface area contributed by atoms with Gasteiger partial charge in [-0.3, -0.25) is 0 Å². The van der Waals surface area contributed by atoms with Crippen LogP contribution in [0.4, 0.5) is 0 Å². The molecular weight excluding hydrogens is 360 g/mol. The summed E-state index contributed by atoms with van der Waals surface area (Å²) in [5.74, 6) is -0.504. The van der Waals surface area contributed by atoms with Crippen LogP contribution in [0.1, 0.15) is 34.1 Å². The average molecular weight is 393 g/mol. The van der Waals surface area contributed by atoms with Crippen molar-refractivity contribution in [1.29, 1.82) is 0 Å². The van der Waals surface area contributed by atoms with E-state index in [1.807, 2.05) is 24.8 Å². The van der Waals surface area contributed by atoms with Crippen molar-refractivity contribution in [1.82, 2.24) is 0 Å². The highest BCUT2D eigenvalue weighted by molar-refractivity contribution is 8.03. The largest absolute Gasteiger partial charge is 0.347 e. The van der Waals surface area contributed by atoms with E-state index < -0.39 is 11.6 Å². The molecule has 2 aliphatic heterocycles. The summed E-state index contributed by atoms with van der Waals surface area (Å²) < 4.78 is 23.2. The minimum Gasteiger partial charge on any atom is -0.347 e. The second-order valence-electron chi connectivity index (χ2n) is 7.70. The van der Waals surface area contributed by atoms with Crippen LogP contribution in [0.15, 0.2) is 47.4 Å². The normalized spacial score (nSPS) is 31.0. The van der Waals surface area contributed by atoms with Gasteiger partial charge in [0.2, 0.25) is 0 Å². The first-order chi connectivity index (χ1) is 12.9. The summed E-state index contributed by atoms with van der Waals surface area (Å²) in [6, 6.07) is 0. The molecule has 0 amide bonds. The van der Waals surface area contributed by atoms with Gasteiger partial charge in [0.15, 0.2) is 11.6 Å². The molecule has 4 nitrogen and oxygen atoms in total. The number of ether oxygens (including phenoxy) is 4. The van der Waals surface area contributed by atoms with Gasteiger partial charge >= 0.3 is 0 Å². The fourth-order valence-electron chi connectivity index (χ4n) is 3.95. The van der Waals surface area contributed by atoms with E-state index in [2.05, 4.69) is 51.7 Å². The van der Waals surface area contributed by atoms with E-state index in [0.29, 0.717) is 37.6 Å².